The second-order valence-corrected chi connectivity index (χ2v) is 5.89. The lowest BCUT2D eigenvalue weighted by molar-refractivity contribution is 0.0470. The fraction of sp³-hybridized carbons (Fsp3) is 0.235. The highest BCUT2D eigenvalue weighted by molar-refractivity contribution is 7.98. The number of hydrogen-bond acceptors (Lipinski definition) is 5. The van der Waals surface area contributed by atoms with Crippen LogP contribution in [0, 0.1) is 0 Å². The summed E-state index contributed by atoms with van der Waals surface area (Å²) in [7, 11) is 3.14. The number of benzene rings is 2. The first-order chi connectivity index (χ1) is 11.1. The molecule has 0 aromatic heterocycles. The van der Waals surface area contributed by atoms with Crippen LogP contribution in [0.4, 0.5) is 0 Å². The molecule has 4 nitrogen and oxygen atoms in total. The van der Waals surface area contributed by atoms with E-state index in [1.54, 1.807) is 44.6 Å². The molecule has 0 radical (unpaired) electrons. The maximum absolute atomic E-state index is 12.3. The van der Waals surface area contributed by atoms with Gasteiger partial charge in [-0.25, -0.2) is 4.79 Å². The lowest BCUT2D eigenvalue weighted by Gasteiger charge is -2.12. The number of carbonyl (C=O) groups is 1. The van der Waals surface area contributed by atoms with E-state index in [0.29, 0.717) is 22.1 Å². The standard InChI is InChI=1S/C17H17ClO4S/c1-20-12-4-7-16(21-2)11(8-12)10-22-17(19)14-9-13(23-3)5-6-15(14)18/h4-9H,10H2,1-3H3. The number of thioether (sulfide) groups is 1. The number of ether oxygens (including phenoxy) is 3. The van der Waals surface area contributed by atoms with E-state index in [4.69, 9.17) is 25.8 Å². The Hall–Kier alpha value is -1.85. The van der Waals surface area contributed by atoms with Crippen LogP contribution in [0.25, 0.3) is 0 Å². The Kier molecular flexibility index (Phi) is 6.19. The topological polar surface area (TPSA) is 44.8 Å². The van der Waals surface area contributed by atoms with Gasteiger partial charge in [-0.15, -0.1) is 11.8 Å². The van der Waals surface area contributed by atoms with Crippen molar-refractivity contribution in [1.82, 2.24) is 0 Å². The minimum absolute atomic E-state index is 0.0685. The average Bonchev–Trinajstić information content (AvgIpc) is 2.59. The highest BCUT2D eigenvalue weighted by Crippen LogP contribution is 2.27. The van der Waals surface area contributed by atoms with E-state index < -0.39 is 5.97 Å². The van der Waals surface area contributed by atoms with Gasteiger partial charge in [-0.1, -0.05) is 11.6 Å². The molecule has 0 aliphatic rings. The summed E-state index contributed by atoms with van der Waals surface area (Å²) in [4.78, 5) is 13.2. The fourth-order valence-corrected chi connectivity index (χ4v) is 2.64. The highest BCUT2D eigenvalue weighted by atomic mass is 35.5. The molecule has 0 amide bonds. The van der Waals surface area contributed by atoms with Crippen LogP contribution in [-0.4, -0.2) is 26.4 Å². The van der Waals surface area contributed by atoms with Gasteiger partial charge in [0, 0.05) is 10.5 Å². The molecule has 0 bridgehead atoms. The van der Waals surface area contributed by atoms with Gasteiger partial charge in [-0.05, 0) is 42.7 Å². The van der Waals surface area contributed by atoms with Crippen molar-refractivity contribution in [1.29, 1.82) is 0 Å². The molecule has 122 valence electrons. The van der Waals surface area contributed by atoms with Crippen LogP contribution in [0.2, 0.25) is 5.02 Å². The number of rotatable bonds is 6. The SMILES string of the molecule is COc1ccc(OC)c(COC(=O)c2cc(SC)ccc2Cl)c1. The van der Waals surface area contributed by atoms with Crippen molar-refractivity contribution in [3.63, 3.8) is 0 Å². The zero-order chi connectivity index (χ0) is 16.8. The molecule has 0 heterocycles. The van der Waals surface area contributed by atoms with E-state index in [1.807, 2.05) is 12.3 Å². The maximum Gasteiger partial charge on any atom is 0.340 e. The van der Waals surface area contributed by atoms with Gasteiger partial charge >= 0.3 is 5.97 Å². The summed E-state index contributed by atoms with van der Waals surface area (Å²) in [5, 5.41) is 0.366. The predicted molar refractivity (Wildman–Crippen MR) is 91.9 cm³/mol. The molecule has 2 aromatic carbocycles. The van der Waals surface area contributed by atoms with Crippen molar-refractivity contribution in [2.45, 2.75) is 11.5 Å². The van der Waals surface area contributed by atoms with E-state index in [-0.39, 0.29) is 6.61 Å². The van der Waals surface area contributed by atoms with Crippen LogP contribution in [0.3, 0.4) is 0 Å². The van der Waals surface area contributed by atoms with E-state index in [0.717, 1.165) is 10.5 Å². The Bertz CT molecular complexity index is 703. The van der Waals surface area contributed by atoms with Gasteiger partial charge in [-0.2, -0.15) is 0 Å². The predicted octanol–water partition coefficient (Wildman–Crippen LogP) is 4.44. The number of halogens is 1. The molecule has 2 aromatic rings. The van der Waals surface area contributed by atoms with Crippen LogP contribution in [0.15, 0.2) is 41.3 Å². The minimum Gasteiger partial charge on any atom is -0.497 e. The fourth-order valence-electron chi connectivity index (χ4n) is 2.00. The van der Waals surface area contributed by atoms with Crippen molar-refractivity contribution in [2.75, 3.05) is 20.5 Å². The molecule has 0 aliphatic carbocycles. The summed E-state index contributed by atoms with van der Waals surface area (Å²) in [6.07, 6.45) is 1.93. The minimum atomic E-state index is -0.476. The second kappa shape index (κ2) is 8.13. The third-order valence-corrected chi connectivity index (χ3v) is 4.29. The summed E-state index contributed by atoms with van der Waals surface area (Å²) < 4.78 is 15.8. The van der Waals surface area contributed by atoms with Crippen molar-refractivity contribution >= 4 is 29.3 Å². The smallest absolute Gasteiger partial charge is 0.340 e. The Balaban J connectivity index is 2.16. The van der Waals surface area contributed by atoms with E-state index >= 15 is 0 Å². The third kappa shape index (κ3) is 4.33. The number of carbonyl (C=O) groups excluding carboxylic acids is 1. The number of esters is 1. The molecule has 2 rings (SSSR count). The zero-order valence-corrected chi connectivity index (χ0v) is 14.7. The van der Waals surface area contributed by atoms with Gasteiger partial charge in [0.15, 0.2) is 0 Å². The molecule has 0 fully saturated rings. The molecule has 0 unspecified atom stereocenters. The molecule has 0 N–H and O–H groups in total. The molecule has 0 spiro atoms. The van der Waals surface area contributed by atoms with E-state index in [1.165, 1.54) is 11.8 Å². The van der Waals surface area contributed by atoms with Gasteiger partial charge in [0.05, 0.1) is 24.8 Å². The monoisotopic (exact) mass is 352 g/mol. The lowest BCUT2D eigenvalue weighted by atomic mass is 10.2. The largest absolute Gasteiger partial charge is 0.497 e. The first-order valence-corrected chi connectivity index (χ1v) is 8.41. The van der Waals surface area contributed by atoms with E-state index in [2.05, 4.69) is 0 Å². The van der Waals surface area contributed by atoms with Crippen LogP contribution in [0.1, 0.15) is 15.9 Å². The van der Waals surface area contributed by atoms with Crippen molar-refractivity contribution in [3.8, 4) is 11.5 Å². The second-order valence-electron chi connectivity index (χ2n) is 4.60. The summed E-state index contributed by atoms with van der Waals surface area (Å²) in [5.41, 5.74) is 1.07. The quantitative estimate of drug-likeness (QED) is 0.568. The Morgan fingerprint density at radius 2 is 1.91 bits per heavy atom. The Morgan fingerprint density at radius 1 is 1.13 bits per heavy atom. The van der Waals surface area contributed by atoms with Crippen molar-refractivity contribution in [3.05, 3.63) is 52.5 Å². The van der Waals surface area contributed by atoms with Crippen LogP contribution in [0.5, 0.6) is 11.5 Å². The molecule has 0 aliphatic heterocycles. The van der Waals surface area contributed by atoms with Gasteiger partial charge in [-0.3, -0.25) is 0 Å². The summed E-state index contributed by atoms with van der Waals surface area (Å²) in [5.74, 6) is 0.817. The maximum atomic E-state index is 12.3. The Morgan fingerprint density at radius 3 is 2.57 bits per heavy atom. The molecule has 23 heavy (non-hydrogen) atoms. The molecule has 0 saturated heterocycles. The first-order valence-electron chi connectivity index (χ1n) is 6.80. The molecule has 6 heteroatoms. The highest BCUT2D eigenvalue weighted by Gasteiger charge is 2.14. The number of methoxy groups -OCH3 is 2. The van der Waals surface area contributed by atoms with Gasteiger partial charge in [0.25, 0.3) is 0 Å². The number of hydrogen-bond donors (Lipinski definition) is 0. The molecular weight excluding hydrogens is 336 g/mol. The van der Waals surface area contributed by atoms with Crippen molar-refractivity contribution in [2.24, 2.45) is 0 Å². The van der Waals surface area contributed by atoms with Gasteiger partial charge < -0.3 is 14.2 Å². The zero-order valence-electron chi connectivity index (χ0n) is 13.1. The lowest BCUT2D eigenvalue weighted by Crippen LogP contribution is -2.07. The molecule has 0 saturated carbocycles. The summed E-state index contributed by atoms with van der Waals surface area (Å²) in [6, 6.07) is 10.6. The van der Waals surface area contributed by atoms with Crippen LogP contribution in [-0.2, 0) is 11.3 Å². The van der Waals surface area contributed by atoms with Gasteiger partial charge in [0.2, 0.25) is 0 Å². The third-order valence-electron chi connectivity index (χ3n) is 3.24. The van der Waals surface area contributed by atoms with Crippen molar-refractivity contribution < 1.29 is 19.0 Å². The van der Waals surface area contributed by atoms with Crippen LogP contribution >= 0.6 is 23.4 Å². The normalized spacial score (nSPS) is 10.3. The molecule has 0 atom stereocenters. The average molecular weight is 353 g/mol. The Labute approximate surface area is 144 Å². The summed E-state index contributed by atoms with van der Waals surface area (Å²) >= 11 is 7.61. The summed E-state index contributed by atoms with van der Waals surface area (Å²) in [6.45, 7) is 0.0685. The van der Waals surface area contributed by atoms with Crippen LogP contribution < -0.4 is 9.47 Å². The first kappa shape index (κ1) is 17.5. The van der Waals surface area contributed by atoms with E-state index in [9.17, 15) is 4.79 Å². The molecular formula is C17H17ClO4S. The van der Waals surface area contributed by atoms with Gasteiger partial charge in [0.1, 0.15) is 18.1 Å².